The van der Waals surface area contributed by atoms with Gasteiger partial charge in [0.2, 0.25) is 5.91 Å². The van der Waals surface area contributed by atoms with Gasteiger partial charge in [-0.25, -0.2) is 0 Å². The molecule has 7 heteroatoms. The minimum absolute atomic E-state index is 0. The van der Waals surface area contributed by atoms with Crippen LogP contribution in [0.25, 0.3) is 0 Å². The van der Waals surface area contributed by atoms with E-state index in [0.29, 0.717) is 5.56 Å². The summed E-state index contributed by atoms with van der Waals surface area (Å²) in [4.78, 5) is 12.0. The zero-order chi connectivity index (χ0) is 16.0. The lowest BCUT2D eigenvalue weighted by Crippen LogP contribution is -2.45. The van der Waals surface area contributed by atoms with Crippen LogP contribution in [-0.4, -0.2) is 18.6 Å². The number of benzene rings is 1. The Morgan fingerprint density at radius 3 is 2.55 bits per heavy atom. The van der Waals surface area contributed by atoms with Gasteiger partial charge in [0.25, 0.3) is 0 Å². The number of hydrogen-bond donors (Lipinski definition) is 2. The van der Waals surface area contributed by atoms with E-state index in [0.717, 1.165) is 6.42 Å². The summed E-state index contributed by atoms with van der Waals surface area (Å²) in [6, 6.07) is 5.33. The van der Waals surface area contributed by atoms with Crippen molar-refractivity contribution in [1.29, 1.82) is 0 Å². The first-order valence-corrected chi connectivity index (χ1v) is 6.95. The van der Waals surface area contributed by atoms with Crippen LogP contribution in [0.2, 0.25) is 0 Å². The lowest BCUT2D eigenvalue weighted by atomic mass is 9.98. The Morgan fingerprint density at radius 2 is 2.00 bits per heavy atom. The molecular weight excluding hydrogens is 314 g/mol. The third kappa shape index (κ3) is 6.15. The molecule has 0 aliphatic carbocycles. The minimum atomic E-state index is -2.87. The first kappa shape index (κ1) is 20.6. The molecule has 1 aromatic carbocycles. The quantitative estimate of drug-likeness (QED) is 0.803. The summed E-state index contributed by atoms with van der Waals surface area (Å²) in [5.74, 6) is -0.113. The topological polar surface area (TPSA) is 64.4 Å². The van der Waals surface area contributed by atoms with E-state index in [1.807, 2.05) is 13.8 Å². The molecule has 1 amide bonds. The van der Waals surface area contributed by atoms with Gasteiger partial charge >= 0.3 is 6.61 Å². The van der Waals surface area contributed by atoms with Crippen molar-refractivity contribution in [3.8, 4) is 5.75 Å². The van der Waals surface area contributed by atoms with Gasteiger partial charge in [-0.2, -0.15) is 8.78 Å². The van der Waals surface area contributed by atoms with Gasteiger partial charge in [0, 0.05) is 0 Å². The van der Waals surface area contributed by atoms with Crippen molar-refractivity contribution >= 4 is 18.3 Å². The Bertz CT molecular complexity index is 475. The Kier molecular flexibility index (Phi) is 8.97. The van der Waals surface area contributed by atoms with Gasteiger partial charge in [0.15, 0.2) is 0 Å². The summed E-state index contributed by atoms with van der Waals surface area (Å²) in [5.41, 5.74) is 6.54. The standard InChI is InChI=1S/C15H22F2N2O2.ClH/c1-4-9(2)13(18)14(20)19-10(3)11-6-5-7-12(8-11)21-15(16)17;/h5-10,13,15H,4,18H2,1-3H3,(H,19,20);1H. The van der Waals surface area contributed by atoms with Crippen molar-refractivity contribution in [3.05, 3.63) is 29.8 Å². The Balaban J connectivity index is 0.00000441. The maximum absolute atomic E-state index is 12.2. The largest absolute Gasteiger partial charge is 0.435 e. The van der Waals surface area contributed by atoms with E-state index in [-0.39, 0.29) is 36.0 Å². The van der Waals surface area contributed by atoms with E-state index in [1.165, 1.54) is 12.1 Å². The number of carbonyl (C=O) groups excluding carboxylic acids is 1. The molecule has 0 fully saturated rings. The highest BCUT2D eigenvalue weighted by Gasteiger charge is 2.21. The number of ether oxygens (including phenoxy) is 1. The fourth-order valence-corrected chi connectivity index (χ4v) is 1.87. The number of nitrogens with two attached hydrogens (primary N) is 1. The molecule has 0 aliphatic rings. The van der Waals surface area contributed by atoms with E-state index in [1.54, 1.807) is 19.1 Å². The van der Waals surface area contributed by atoms with Crippen molar-refractivity contribution in [2.75, 3.05) is 0 Å². The highest BCUT2D eigenvalue weighted by molar-refractivity contribution is 5.85. The Labute approximate surface area is 135 Å². The third-order valence-electron chi connectivity index (χ3n) is 3.50. The van der Waals surface area contributed by atoms with E-state index >= 15 is 0 Å². The molecule has 0 bridgehead atoms. The SMILES string of the molecule is CCC(C)C(N)C(=O)NC(C)c1cccc(OC(F)F)c1.Cl. The molecule has 0 spiro atoms. The highest BCUT2D eigenvalue weighted by atomic mass is 35.5. The predicted molar refractivity (Wildman–Crippen MR) is 84.3 cm³/mol. The Hall–Kier alpha value is -1.40. The first-order valence-electron chi connectivity index (χ1n) is 6.95. The summed E-state index contributed by atoms with van der Waals surface area (Å²) in [7, 11) is 0. The van der Waals surface area contributed by atoms with Crippen molar-refractivity contribution in [2.24, 2.45) is 11.7 Å². The number of hydrogen-bond acceptors (Lipinski definition) is 3. The van der Waals surface area contributed by atoms with Crippen LogP contribution in [0.4, 0.5) is 8.78 Å². The summed E-state index contributed by atoms with van der Waals surface area (Å²) in [6.07, 6.45) is 0.806. The molecule has 0 aliphatic heterocycles. The van der Waals surface area contributed by atoms with Gasteiger partial charge in [-0.3, -0.25) is 4.79 Å². The third-order valence-corrected chi connectivity index (χ3v) is 3.50. The number of carbonyl (C=O) groups is 1. The minimum Gasteiger partial charge on any atom is -0.435 e. The number of amides is 1. The van der Waals surface area contributed by atoms with Crippen LogP contribution in [-0.2, 0) is 4.79 Å². The molecule has 0 radical (unpaired) electrons. The summed E-state index contributed by atoms with van der Waals surface area (Å²) < 4.78 is 28.7. The smallest absolute Gasteiger partial charge is 0.387 e. The molecule has 126 valence electrons. The number of halogens is 3. The summed E-state index contributed by atoms with van der Waals surface area (Å²) >= 11 is 0. The average molecular weight is 337 g/mol. The van der Waals surface area contributed by atoms with Crippen LogP contribution in [0.3, 0.4) is 0 Å². The second kappa shape index (κ2) is 9.58. The summed E-state index contributed by atoms with van der Waals surface area (Å²) in [6.45, 7) is 2.77. The maximum atomic E-state index is 12.2. The van der Waals surface area contributed by atoms with Gasteiger partial charge in [-0.05, 0) is 30.5 Å². The zero-order valence-electron chi connectivity index (χ0n) is 12.9. The average Bonchev–Trinajstić information content (AvgIpc) is 2.45. The second-order valence-electron chi connectivity index (χ2n) is 5.09. The molecule has 3 atom stereocenters. The van der Waals surface area contributed by atoms with E-state index < -0.39 is 12.7 Å². The van der Waals surface area contributed by atoms with Crippen LogP contribution in [0.15, 0.2) is 24.3 Å². The van der Waals surface area contributed by atoms with Gasteiger partial charge in [0.05, 0.1) is 12.1 Å². The molecule has 4 nitrogen and oxygen atoms in total. The normalized spacial score (nSPS) is 14.7. The van der Waals surface area contributed by atoms with Crippen LogP contribution in [0, 0.1) is 5.92 Å². The van der Waals surface area contributed by atoms with Gasteiger partial charge < -0.3 is 15.8 Å². The van der Waals surface area contributed by atoms with Gasteiger partial charge in [-0.15, -0.1) is 12.4 Å². The van der Waals surface area contributed by atoms with Crippen LogP contribution in [0.5, 0.6) is 5.75 Å². The van der Waals surface area contributed by atoms with Crippen molar-refractivity contribution in [2.45, 2.75) is 45.9 Å². The zero-order valence-corrected chi connectivity index (χ0v) is 13.7. The summed E-state index contributed by atoms with van der Waals surface area (Å²) in [5, 5.41) is 2.78. The van der Waals surface area contributed by atoms with Gasteiger partial charge in [-0.1, -0.05) is 32.4 Å². The molecular formula is C15H23ClF2N2O2. The van der Waals surface area contributed by atoms with Crippen molar-refractivity contribution in [1.82, 2.24) is 5.32 Å². The molecule has 0 heterocycles. The first-order chi connectivity index (χ1) is 9.85. The molecule has 0 saturated heterocycles. The number of nitrogens with one attached hydrogen (secondary N) is 1. The highest BCUT2D eigenvalue weighted by Crippen LogP contribution is 2.21. The van der Waals surface area contributed by atoms with Crippen LogP contribution in [0.1, 0.15) is 38.8 Å². The van der Waals surface area contributed by atoms with Crippen LogP contribution >= 0.6 is 12.4 Å². The lowest BCUT2D eigenvalue weighted by molar-refractivity contribution is -0.124. The molecule has 0 saturated carbocycles. The lowest BCUT2D eigenvalue weighted by Gasteiger charge is -2.21. The molecule has 1 rings (SSSR count). The molecule has 1 aromatic rings. The van der Waals surface area contributed by atoms with Gasteiger partial charge in [0.1, 0.15) is 5.75 Å². The second-order valence-corrected chi connectivity index (χ2v) is 5.09. The fourth-order valence-electron chi connectivity index (χ4n) is 1.87. The van der Waals surface area contributed by atoms with Crippen molar-refractivity contribution in [3.63, 3.8) is 0 Å². The predicted octanol–water partition coefficient (Wildman–Crippen LogP) is 3.26. The monoisotopic (exact) mass is 336 g/mol. The molecule has 3 N–H and O–H groups in total. The number of alkyl halides is 2. The Morgan fingerprint density at radius 1 is 1.36 bits per heavy atom. The fraction of sp³-hybridized carbons (Fsp3) is 0.533. The van der Waals surface area contributed by atoms with Crippen molar-refractivity contribution < 1.29 is 18.3 Å². The molecule has 22 heavy (non-hydrogen) atoms. The molecule has 0 aromatic heterocycles. The van der Waals surface area contributed by atoms with E-state index in [2.05, 4.69) is 10.1 Å². The number of rotatable bonds is 7. The van der Waals surface area contributed by atoms with Crippen LogP contribution < -0.4 is 15.8 Å². The molecule has 3 unspecified atom stereocenters. The maximum Gasteiger partial charge on any atom is 0.387 e. The van der Waals surface area contributed by atoms with E-state index in [4.69, 9.17) is 5.73 Å². The van der Waals surface area contributed by atoms with E-state index in [9.17, 15) is 13.6 Å².